The van der Waals surface area contributed by atoms with Crippen LogP contribution in [0.25, 0.3) is 0 Å². The molecule has 0 bridgehead atoms. The number of hydrogen-bond donors (Lipinski definition) is 1. The second-order valence-corrected chi connectivity index (χ2v) is 9.72. The Hall–Kier alpha value is -3.07. The third-order valence-electron chi connectivity index (χ3n) is 4.83. The molecule has 2 rings (SSSR count). The van der Waals surface area contributed by atoms with Crippen LogP contribution in [0.1, 0.15) is 26.3 Å². The molecule has 2 aromatic carbocycles. The zero-order valence-corrected chi connectivity index (χ0v) is 19.9. The van der Waals surface area contributed by atoms with Crippen molar-refractivity contribution >= 4 is 27.5 Å². The molecular formula is C23H31N3O5S. The van der Waals surface area contributed by atoms with Crippen LogP contribution in [-0.4, -0.2) is 57.1 Å². The molecule has 0 unspecified atom stereocenters. The maximum atomic E-state index is 13.3. The van der Waals surface area contributed by atoms with Crippen LogP contribution in [0.15, 0.2) is 54.6 Å². The van der Waals surface area contributed by atoms with Crippen LogP contribution < -0.4 is 14.4 Å². The minimum atomic E-state index is -3.76. The number of amides is 2. The lowest BCUT2D eigenvalue weighted by molar-refractivity contribution is -0.139. The normalized spacial score (nSPS) is 12.2. The second kappa shape index (κ2) is 11.0. The van der Waals surface area contributed by atoms with E-state index in [4.69, 9.17) is 4.74 Å². The first-order valence-electron chi connectivity index (χ1n) is 10.3. The van der Waals surface area contributed by atoms with Gasteiger partial charge >= 0.3 is 0 Å². The summed E-state index contributed by atoms with van der Waals surface area (Å²) in [6, 6.07) is 14.8. The monoisotopic (exact) mass is 461 g/mol. The number of nitrogens with zero attached hydrogens (tertiary/aromatic N) is 2. The van der Waals surface area contributed by atoms with Crippen LogP contribution in [0.5, 0.6) is 5.75 Å². The first kappa shape index (κ1) is 25.2. The van der Waals surface area contributed by atoms with Crippen LogP contribution in [-0.2, 0) is 26.2 Å². The predicted molar refractivity (Wildman–Crippen MR) is 125 cm³/mol. The van der Waals surface area contributed by atoms with E-state index in [0.29, 0.717) is 11.4 Å². The van der Waals surface area contributed by atoms with Gasteiger partial charge in [0.25, 0.3) is 0 Å². The van der Waals surface area contributed by atoms with Crippen molar-refractivity contribution in [3.05, 3.63) is 60.2 Å². The molecule has 0 fully saturated rings. The topological polar surface area (TPSA) is 96.0 Å². The summed E-state index contributed by atoms with van der Waals surface area (Å²) in [5.74, 6) is -0.223. The molecule has 32 heavy (non-hydrogen) atoms. The molecule has 0 radical (unpaired) electrons. The fourth-order valence-electron chi connectivity index (χ4n) is 3.13. The Morgan fingerprint density at radius 2 is 1.59 bits per heavy atom. The van der Waals surface area contributed by atoms with E-state index in [1.54, 1.807) is 31.2 Å². The summed E-state index contributed by atoms with van der Waals surface area (Å²) in [4.78, 5) is 27.4. The summed E-state index contributed by atoms with van der Waals surface area (Å²) < 4.78 is 31.1. The molecule has 0 aromatic heterocycles. The van der Waals surface area contributed by atoms with Crippen molar-refractivity contribution in [3.63, 3.8) is 0 Å². The Labute approximate surface area is 190 Å². The highest BCUT2D eigenvalue weighted by atomic mass is 32.2. The average molecular weight is 462 g/mol. The van der Waals surface area contributed by atoms with Gasteiger partial charge in [0.2, 0.25) is 21.8 Å². The highest BCUT2D eigenvalue weighted by Crippen LogP contribution is 2.22. The maximum Gasteiger partial charge on any atom is 0.244 e. The third-order valence-corrected chi connectivity index (χ3v) is 5.97. The predicted octanol–water partition coefficient (Wildman–Crippen LogP) is 2.40. The Bertz CT molecular complexity index is 1010. The number of methoxy groups -OCH3 is 1. The van der Waals surface area contributed by atoms with Crippen molar-refractivity contribution < 1.29 is 22.7 Å². The van der Waals surface area contributed by atoms with Gasteiger partial charge in [-0.05, 0) is 50.6 Å². The molecule has 0 spiro atoms. The van der Waals surface area contributed by atoms with Crippen molar-refractivity contribution in [1.29, 1.82) is 0 Å². The molecule has 9 heteroatoms. The number of benzene rings is 2. The molecule has 0 aliphatic heterocycles. The van der Waals surface area contributed by atoms with Gasteiger partial charge in [-0.2, -0.15) is 0 Å². The highest BCUT2D eigenvalue weighted by Gasteiger charge is 2.30. The molecule has 1 N–H and O–H groups in total. The summed E-state index contributed by atoms with van der Waals surface area (Å²) in [6.45, 7) is 5.05. The smallest absolute Gasteiger partial charge is 0.244 e. The first-order valence-corrected chi connectivity index (χ1v) is 12.1. The molecule has 0 aliphatic carbocycles. The van der Waals surface area contributed by atoms with Gasteiger partial charge in [0.15, 0.2) is 0 Å². The Balaban J connectivity index is 2.35. The fourth-order valence-corrected chi connectivity index (χ4v) is 3.98. The second-order valence-electron chi connectivity index (χ2n) is 7.81. The van der Waals surface area contributed by atoms with Gasteiger partial charge in [0.05, 0.1) is 19.1 Å². The van der Waals surface area contributed by atoms with Crippen molar-refractivity contribution in [3.8, 4) is 5.75 Å². The number of nitrogens with one attached hydrogen (secondary N) is 1. The van der Waals surface area contributed by atoms with E-state index in [2.05, 4.69) is 5.32 Å². The zero-order valence-electron chi connectivity index (χ0n) is 19.1. The van der Waals surface area contributed by atoms with Gasteiger partial charge in [-0.3, -0.25) is 13.9 Å². The van der Waals surface area contributed by atoms with Gasteiger partial charge in [-0.1, -0.05) is 30.3 Å². The van der Waals surface area contributed by atoms with Crippen LogP contribution in [0.2, 0.25) is 0 Å². The van der Waals surface area contributed by atoms with Crippen LogP contribution in [0, 0.1) is 0 Å². The standard InChI is InChI=1S/C23H31N3O5S/c1-17(2)24-23(28)18(3)25(15-19-9-7-6-8-10-19)22(27)16-26(32(5,29)30)20-11-13-21(31-4)14-12-20/h6-14,17-18H,15-16H2,1-5H3,(H,24,28)/t18-/m1/s1. The number of ether oxygens (including phenoxy) is 1. The summed E-state index contributed by atoms with van der Waals surface area (Å²) in [6.07, 6.45) is 1.04. The Morgan fingerprint density at radius 1 is 1.00 bits per heavy atom. The summed E-state index contributed by atoms with van der Waals surface area (Å²) in [5, 5.41) is 2.81. The molecule has 0 saturated heterocycles. The molecule has 8 nitrogen and oxygen atoms in total. The quantitative estimate of drug-likeness (QED) is 0.586. The van der Waals surface area contributed by atoms with Crippen molar-refractivity contribution in [1.82, 2.24) is 10.2 Å². The number of hydrogen-bond acceptors (Lipinski definition) is 5. The lowest BCUT2D eigenvalue weighted by Gasteiger charge is -2.31. The molecule has 0 aliphatic rings. The number of anilines is 1. The molecule has 0 heterocycles. The van der Waals surface area contributed by atoms with E-state index in [9.17, 15) is 18.0 Å². The van der Waals surface area contributed by atoms with Crippen LogP contribution in [0.4, 0.5) is 5.69 Å². The maximum absolute atomic E-state index is 13.3. The number of carbonyl (C=O) groups is 2. The van der Waals surface area contributed by atoms with Crippen molar-refractivity contribution in [2.24, 2.45) is 0 Å². The van der Waals surface area contributed by atoms with Crippen molar-refractivity contribution in [2.75, 3.05) is 24.2 Å². The van der Waals surface area contributed by atoms with E-state index in [1.807, 2.05) is 44.2 Å². The van der Waals surface area contributed by atoms with E-state index in [1.165, 1.54) is 12.0 Å². The lowest BCUT2D eigenvalue weighted by atomic mass is 10.1. The SMILES string of the molecule is COc1ccc(N(CC(=O)N(Cc2ccccc2)[C@H](C)C(=O)NC(C)C)S(C)(=O)=O)cc1. The van der Waals surface area contributed by atoms with E-state index in [-0.39, 0.29) is 18.5 Å². The Morgan fingerprint density at radius 3 is 2.09 bits per heavy atom. The molecular weight excluding hydrogens is 430 g/mol. The molecule has 2 aromatic rings. The molecule has 0 saturated carbocycles. The number of rotatable bonds is 10. The number of carbonyl (C=O) groups excluding carboxylic acids is 2. The first-order chi connectivity index (χ1) is 15.0. The molecule has 2 amide bonds. The summed E-state index contributed by atoms with van der Waals surface area (Å²) in [5.41, 5.74) is 1.17. The Kier molecular flexibility index (Phi) is 8.65. The van der Waals surface area contributed by atoms with Gasteiger partial charge in [-0.15, -0.1) is 0 Å². The van der Waals surface area contributed by atoms with Gasteiger partial charge < -0.3 is 15.0 Å². The van der Waals surface area contributed by atoms with Gasteiger partial charge in [-0.25, -0.2) is 8.42 Å². The fraction of sp³-hybridized carbons (Fsp3) is 0.391. The average Bonchev–Trinajstić information content (AvgIpc) is 2.74. The summed E-state index contributed by atoms with van der Waals surface area (Å²) in [7, 11) is -2.25. The zero-order chi connectivity index (χ0) is 23.9. The largest absolute Gasteiger partial charge is 0.497 e. The molecule has 1 atom stereocenters. The highest BCUT2D eigenvalue weighted by molar-refractivity contribution is 7.92. The lowest BCUT2D eigenvalue weighted by Crippen LogP contribution is -2.52. The van der Waals surface area contributed by atoms with Crippen molar-refractivity contribution in [2.45, 2.75) is 39.4 Å². The minimum Gasteiger partial charge on any atom is -0.497 e. The van der Waals surface area contributed by atoms with Gasteiger partial charge in [0.1, 0.15) is 18.3 Å². The van der Waals surface area contributed by atoms with E-state index < -0.39 is 28.5 Å². The van der Waals surface area contributed by atoms with Gasteiger partial charge in [0, 0.05) is 12.6 Å². The van der Waals surface area contributed by atoms with Crippen LogP contribution >= 0.6 is 0 Å². The van der Waals surface area contributed by atoms with E-state index >= 15 is 0 Å². The minimum absolute atomic E-state index is 0.0922. The third kappa shape index (κ3) is 6.98. The summed E-state index contributed by atoms with van der Waals surface area (Å²) >= 11 is 0. The molecule has 174 valence electrons. The van der Waals surface area contributed by atoms with Crippen LogP contribution in [0.3, 0.4) is 0 Å². The number of sulfonamides is 1. The van der Waals surface area contributed by atoms with E-state index in [0.717, 1.165) is 16.1 Å².